The van der Waals surface area contributed by atoms with Crippen LogP contribution in [0, 0.1) is 6.92 Å². The van der Waals surface area contributed by atoms with E-state index < -0.39 is 18.2 Å². The van der Waals surface area contributed by atoms with Gasteiger partial charge in [-0.2, -0.15) is 5.10 Å². The Labute approximate surface area is 153 Å². The van der Waals surface area contributed by atoms with E-state index in [4.69, 9.17) is 33.0 Å². The third kappa shape index (κ3) is 2.99. The fourth-order valence-corrected chi connectivity index (χ4v) is 3.43. The molecule has 0 saturated carbocycles. The van der Waals surface area contributed by atoms with Crippen LogP contribution < -0.4 is 0 Å². The molecular formula is C18H14Cl2N2O3. The molecule has 7 heteroatoms. The van der Waals surface area contributed by atoms with Crippen molar-refractivity contribution in [3.05, 3.63) is 63.3 Å². The van der Waals surface area contributed by atoms with Crippen LogP contribution in [-0.4, -0.2) is 27.0 Å². The van der Waals surface area contributed by atoms with Crippen molar-refractivity contribution in [1.29, 1.82) is 0 Å². The van der Waals surface area contributed by atoms with Crippen molar-refractivity contribution in [1.82, 2.24) is 9.78 Å². The summed E-state index contributed by atoms with van der Waals surface area (Å²) in [5.74, 6) is -0.972. The quantitative estimate of drug-likeness (QED) is 0.692. The molecule has 1 aliphatic heterocycles. The number of carbonyl (C=O) groups is 1. The maximum atomic E-state index is 11.1. The van der Waals surface area contributed by atoms with E-state index in [1.165, 1.54) is 0 Å². The van der Waals surface area contributed by atoms with Gasteiger partial charge >= 0.3 is 5.97 Å². The minimum Gasteiger partial charge on any atom is -0.479 e. The highest BCUT2D eigenvalue weighted by molar-refractivity contribution is 6.35. The van der Waals surface area contributed by atoms with Crippen LogP contribution in [0.4, 0.5) is 0 Å². The monoisotopic (exact) mass is 376 g/mol. The van der Waals surface area contributed by atoms with Crippen molar-refractivity contribution < 1.29 is 14.6 Å². The molecule has 0 radical (unpaired) electrons. The van der Waals surface area contributed by atoms with Crippen LogP contribution in [0.1, 0.15) is 22.9 Å². The molecule has 1 N–H and O–H groups in total. The third-order valence-corrected chi connectivity index (χ3v) is 4.86. The fourth-order valence-electron chi connectivity index (χ4n) is 2.96. The lowest BCUT2D eigenvalue weighted by Crippen LogP contribution is -2.06. The number of benzene rings is 2. The van der Waals surface area contributed by atoms with E-state index in [0.29, 0.717) is 22.3 Å². The molecule has 2 atom stereocenters. The first-order valence-corrected chi connectivity index (χ1v) is 8.49. The topological polar surface area (TPSA) is 67.7 Å². The van der Waals surface area contributed by atoms with E-state index in [-0.39, 0.29) is 0 Å². The molecule has 0 bridgehead atoms. The van der Waals surface area contributed by atoms with E-state index in [0.717, 1.165) is 22.0 Å². The molecule has 1 aliphatic rings. The van der Waals surface area contributed by atoms with Crippen molar-refractivity contribution in [3.63, 3.8) is 0 Å². The summed E-state index contributed by atoms with van der Waals surface area (Å²) in [6.07, 6.45) is -1.34. The van der Waals surface area contributed by atoms with Gasteiger partial charge in [0.15, 0.2) is 6.10 Å². The molecular weight excluding hydrogens is 363 g/mol. The summed E-state index contributed by atoms with van der Waals surface area (Å²) in [5.41, 5.74) is 3.54. The number of ether oxygens (including phenoxy) is 1. The number of carboxylic acids is 1. The molecule has 0 aliphatic carbocycles. The standard InChI is InChI=1S/C18H14Cl2N2O3/c1-9-2-5-12-14(6-9)22(8-10-3-4-11(19)7-13(10)20)21-15(12)16-17(25-16)18(23)24/h2-7,16-17H,8H2,1H3,(H,23,24). The predicted molar refractivity (Wildman–Crippen MR) is 95.3 cm³/mol. The molecule has 25 heavy (non-hydrogen) atoms. The van der Waals surface area contributed by atoms with E-state index in [9.17, 15) is 4.79 Å². The Kier molecular flexibility index (Phi) is 3.95. The first-order valence-electron chi connectivity index (χ1n) is 7.73. The van der Waals surface area contributed by atoms with Gasteiger partial charge in [0.1, 0.15) is 11.8 Å². The Bertz CT molecular complexity index is 999. The number of halogens is 2. The Morgan fingerprint density at radius 3 is 2.76 bits per heavy atom. The predicted octanol–water partition coefficient (Wildman–Crippen LogP) is 4.22. The second kappa shape index (κ2) is 6.02. The highest BCUT2D eigenvalue weighted by atomic mass is 35.5. The zero-order valence-corrected chi connectivity index (χ0v) is 14.8. The summed E-state index contributed by atoms with van der Waals surface area (Å²) in [6, 6.07) is 11.3. The molecule has 5 nitrogen and oxygen atoms in total. The number of fused-ring (bicyclic) bond motifs is 1. The number of hydrogen-bond acceptors (Lipinski definition) is 3. The number of aryl methyl sites for hydroxylation is 1. The van der Waals surface area contributed by atoms with Crippen LogP contribution in [-0.2, 0) is 16.1 Å². The highest BCUT2D eigenvalue weighted by Gasteiger charge is 2.49. The molecule has 0 spiro atoms. The molecule has 0 amide bonds. The van der Waals surface area contributed by atoms with E-state index in [1.54, 1.807) is 12.1 Å². The second-order valence-corrected chi connectivity index (χ2v) is 6.96. The fraction of sp³-hybridized carbons (Fsp3) is 0.222. The second-order valence-electron chi connectivity index (χ2n) is 6.11. The van der Waals surface area contributed by atoms with Crippen LogP contribution in [0.25, 0.3) is 10.9 Å². The van der Waals surface area contributed by atoms with Crippen LogP contribution in [0.2, 0.25) is 10.0 Å². The number of carboxylic acid groups (broad SMARTS) is 1. The van der Waals surface area contributed by atoms with Crippen molar-refractivity contribution in [3.8, 4) is 0 Å². The largest absolute Gasteiger partial charge is 0.479 e. The summed E-state index contributed by atoms with van der Waals surface area (Å²) in [7, 11) is 0. The highest BCUT2D eigenvalue weighted by Crippen LogP contribution is 2.41. The molecule has 2 unspecified atom stereocenters. The van der Waals surface area contributed by atoms with Gasteiger partial charge in [-0.3, -0.25) is 4.68 Å². The average molecular weight is 377 g/mol. The maximum absolute atomic E-state index is 11.1. The maximum Gasteiger partial charge on any atom is 0.336 e. The van der Waals surface area contributed by atoms with E-state index >= 15 is 0 Å². The lowest BCUT2D eigenvalue weighted by Gasteiger charge is -2.07. The summed E-state index contributed by atoms with van der Waals surface area (Å²) < 4.78 is 7.11. The van der Waals surface area contributed by atoms with Crippen molar-refractivity contribution >= 4 is 40.1 Å². The van der Waals surface area contributed by atoms with Crippen LogP contribution in [0.5, 0.6) is 0 Å². The first-order chi connectivity index (χ1) is 11.9. The molecule has 2 heterocycles. The molecule has 3 aromatic rings. The number of nitrogens with zero attached hydrogens (tertiary/aromatic N) is 2. The number of epoxide rings is 1. The molecule has 1 saturated heterocycles. The molecule has 128 valence electrons. The smallest absolute Gasteiger partial charge is 0.336 e. The SMILES string of the molecule is Cc1ccc2c(C3OC3C(=O)O)nn(Cc3ccc(Cl)cc3Cl)c2c1. The Morgan fingerprint density at radius 1 is 1.28 bits per heavy atom. The summed E-state index contributed by atoms with van der Waals surface area (Å²) in [4.78, 5) is 11.1. The summed E-state index contributed by atoms with van der Waals surface area (Å²) in [5, 5.41) is 15.8. The Balaban J connectivity index is 1.78. The molecule has 1 aromatic heterocycles. The van der Waals surface area contributed by atoms with Crippen molar-refractivity contribution in [2.45, 2.75) is 25.7 Å². The van der Waals surface area contributed by atoms with Gasteiger partial charge in [-0.15, -0.1) is 0 Å². The number of aromatic nitrogens is 2. The van der Waals surface area contributed by atoms with Crippen LogP contribution in [0.3, 0.4) is 0 Å². The van der Waals surface area contributed by atoms with Crippen LogP contribution in [0.15, 0.2) is 36.4 Å². The van der Waals surface area contributed by atoms with Gasteiger partial charge in [0, 0.05) is 15.4 Å². The molecule has 4 rings (SSSR count). The van der Waals surface area contributed by atoms with Crippen molar-refractivity contribution in [2.75, 3.05) is 0 Å². The summed E-state index contributed by atoms with van der Waals surface area (Å²) in [6.45, 7) is 2.46. The third-order valence-electron chi connectivity index (χ3n) is 4.28. The van der Waals surface area contributed by atoms with Crippen LogP contribution >= 0.6 is 23.2 Å². The summed E-state index contributed by atoms with van der Waals surface area (Å²) >= 11 is 12.2. The van der Waals surface area contributed by atoms with Gasteiger partial charge in [-0.25, -0.2) is 4.79 Å². The Morgan fingerprint density at radius 2 is 2.08 bits per heavy atom. The molecule has 1 fully saturated rings. The lowest BCUT2D eigenvalue weighted by molar-refractivity contribution is -0.138. The van der Waals surface area contributed by atoms with Gasteiger partial charge in [-0.1, -0.05) is 41.4 Å². The van der Waals surface area contributed by atoms with Crippen molar-refractivity contribution in [2.24, 2.45) is 0 Å². The number of hydrogen-bond donors (Lipinski definition) is 1. The van der Waals surface area contributed by atoms with Gasteiger partial charge in [-0.05, 0) is 36.2 Å². The zero-order valence-electron chi connectivity index (χ0n) is 13.2. The first kappa shape index (κ1) is 16.4. The Hall–Kier alpha value is -2.08. The van der Waals surface area contributed by atoms with Gasteiger partial charge < -0.3 is 9.84 Å². The zero-order chi connectivity index (χ0) is 17.7. The average Bonchev–Trinajstić information content (AvgIpc) is 3.28. The lowest BCUT2D eigenvalue weighted by atomic mass is 10.1. The normalized spacial score (nSPS) is 19.3. The van der Waals surface area contributed by atoms with Gasteiger partial charge in [0.2, 0.25) is 0 Å². The number of rotatable bonds is 4. The minimum absolute atomic E-state index is 0.459. The number of aliphatic carboxylic acids is 1. The van der Waals surface area contributed by atoms with E-state index in [1.807, 2.05) is 35.9 Å². The minimum atomic E-state index is -0.972. The van der Waals surface area contributed by atoms with E-state index in [2.05, 4.69) is 5.10 Å². The van der Waals surface area contributed by atoms with Gasteiger partial charge in [0.25, 0.3) is 0 Å². The van der Waals surface area contributed by atoms with Gasteiger partial charge in [0.05, 0.1) is 12.1 Å². The molecule has 2 aromatic carbocycles.